The number of aromatic nitrogens is 1. The summed E-state index contributed by atoms with van der Waals surface area (Å²) in [5.41, 5.74) is 1.09. The Morgan fingerprint density at radius 2 is 2.50 bits per heavy atom. The number of pyridine rings is 1. The van der Waals surface area contributed by atoms with Crippen LogP contribution in [0.25, 0.3) is 0 Å². The summed E-state index contributed by atoms with van der Waals surface area (Å²) in [6.07, 6.45) is 5.28. The molecule has 0 spiro atoms. The van der Waals surface area contributed by atoms with Gasteiger partial charge >= 0.3 is 0 Å². The lowest BCUT2D eigenvalue weighted by Crippen LogP contribution is -1.94. The van der Waals surface area contributed by atoms with Crippen LogP contribution in [0.2, 0.25) is 0 Å². The van der Waals surface area contributed by atoms with Crippen molar-refractivity contribution in [2.75, 3.05) is 7.11 Å². The van der Waals surface area contributed by atoms with E-state index in [2.05, 4.69) is 18.0 Å². The number of methoxy groups -OCH3 is 1. The van der Waals surface area contributed by atoms with Crippen LogP contribution in [0.3, 0.4) is 0 Å². The Morgan fingerprint density at radius 1 is 1.62 bits per heavy atom. The maximum Gasteiger partial charge on any atom is 0.122 e. The minimum absolute atomic E-state index is 0.660. The highest BCUT2D eigenvalue weighted by atomic mass is 32.2. The van der Waals surface area contributed by atoms with E-state index < -0.39 is 0 Å². The number of rotatable bonds is 4. The highest BCUT2D eigenvalue weighted by Gasteiger charge is 2.15. The molecule has 0 N–H and O–H groups in total. The molecule has 0 bridgehead atoms. The Labute approximate surface area is 105 Å². The molecular formula is C12H15NOS2. The molecule has 0 saturated heterocycles. The van der Waals surface area contributed by atoms with Crippen LogP contribution < -0.4 is 4.74 Å². The molecule has 1 aromatic heterocycles. The molecule has 2 rings (SSSR count). The lowest BCUT2D eigenvalue weighted by molar-refractivity contribution is 0.413. The van der Waals surface area contributed by atoms with Gasteiger partial charge in [0.15, 0.2) is 0 Å². The van der Waals surface area contributed by atoms with Gasteiger partial charge in [0.2, 0.25) is 0 Å². The minimum atomic E-state index is 0.660. The molecule has 0 radical (unpaired) electrons. The van der Waals surface area contributed by atoms with Gasteiger partial charge in [0, 0.05) is 18.0 Å². The summed E-state index contributed by atoms with van der Waals surface area (Å²) in [6, 6.07) is 3.89. The van der Waals surface area contributed by atoms with Crippen molar-refractivity contribution in [1.82, 2.24) is 4.98 Å². The van der Waals surface area contributed by atoms with Gasteiger partial charge in [-0.2, -0.15) is 0 Å². The highest BCUT2D eigenvalue weighted by molar-refractivity contribution is 8.18. The molecule has 86 valence electrons. The average molecular weight is 253 g/mol. The van der Waals surface area contributed by atoms with Crippen LogP contribution in [0.5, 0.6) is 5.75 Å². The van der Waals surface area contributed by atoms with E-state index in [0.717, 1.165) is 17.2 Å². The fourth-order valence-corrected chi connectivity index (χ4v) is 3.99. The van der Waals surface area contributed by atoms with Gasteiger partial charge < -0.3 is 4.74 Å². The second kappa shape index (κ2) is 5.64. The summed E-state index contributed by atoms with van der Waals surface area (Å²) in [6.45, 7) is 2.18. The van der Waals surface area contributed by atoms with E-state index in [0.29, 0.717) is 4.58 Å². The van der Waals surface area contributed by atoms with Crippen molar-refractivity contribution in [2.45, 2.75) is 23.7 Å². The van der Waals surface area contributed by atoms with Crippen LogP contribution in [0.1, 0.15) is 19.0 Å². The number of thioether (sulfide) groups is 2. The van der Waals surface area contributed by atoms with Crippen LogP contribution in [0.4, 0.5) is 0 Å². The standard InChI is InChI=1S/C12H15NOS2/c1-9-3-4-12(16-9)15-8-10-7-11(14-2)5-6-13-10/h3,5-7,12H,4,8H2,1-2H3. The summed E-state index contributed by atoms with van der Waals surface area (Å²) in [5, 5.41) is 0. The van der Waals surface area contributed by atoms with E-state index in [1.807, 2.05) is 35.7 Å². The topological polar surface area (TPSA) is 22.1 Å². The minimum Gasteiger partial charge on any atom is -0.497 e. The van der Waals surface area contributed by atoms with Crippen LogP contribution in [-0.2, 0) is 5.75 Å². The van der Waals surface area contributed by atoms with Crippen molar-refractivity contribution in [3.63, 3.8) is 0 Å². The molecular weight excluding hydrogens is 238 g/mol. The molecule has 2 nitrogen and oxygen atoms in total. The Bertz CT molecular complexity index is 392. The van der Waals surface area contributed by atoms with Crippen molar-refractivity contribution in [1.29, 1.82) is 0 Å². The van der Waals surface area contributed by atoms with Crippen molar-refractivity contribution in [3.05, 3.63) is 35.0 Å². The summed E-state index contributed by atoms with van der Waals surface area (Å²) in [4.78, 5) is 5.78. The van der Waals surface area contributed by atoms with Gasteiger partial charge in [-0.25, -0.2) is 0 Å². The smallest absolute Gasteiger partial charge is 0.122 e. The maximum absolute atomic E-state index is 5.18. The molecule has 0 saturated carbocycles. The van der Waals surface area contributed by atoms with E-state index in [-0.39, 0.29) is 0 Å². The van der Waals surface area contributed by atoms with Gasteiger partial charge in [0.25, 0.3) is 0 Å². The summed E-state index contributed by atoms with van der Waals surface area (Å²) in [7, 11) is 1.69. The second-order valence-corrected chi connectivity index (χ2v) is 6.53. The molecule has 4 heteroatoms. The predicted octanol–water partition coefficient (Wildman–Crippen LogP) is 3.69. The summed E-state index contributed by atoms with van der Waals surface area (Å²) < 4.78 is 5.84. The quantitative estimate of drug-likeness (QED) is 0.816. The first-order chi connectivity index (χ1) is 7.78. The number of nitrogens with zero attached hydrogens (tertiary/aromatic N) is 1. The van der Waals surface area contributed by atoms with E-state index in [9.17, 15) is 0 Å². The zero-order valence-electron chi connectivity index (χ0n) is 9.47. The molecule has 1 unspecified atom stereocenters. The van der Waals surface area contributed by atoms with Crippen molar-refractivity contribution in [3.8, 4) is 5.75 Å². The van der Waals surface area contributed by atoms with Gasteiger partial charge in [0.1, 0.15) is 5.75 Å². The van der Waals surface area contributed by atoms with Crippen molar-refractivity contribution >= 4 is 23.5 Å². The highest BCUT2D eigenvalue weighted by Crippen LogP contribution is 2.39. The first-order valence-electron chi connectivity index (χ1n) is 5.22. The summed E-state index contributed by atoms with van der Waals surface area (Å²) in [5.74, 6) is 1.84. The number of hydrogen-bond acceptors (Lipinski definition) is 4. The lowest BCUT2D eigenvalue weighted by atomic mass is 10.3. The Hall–Kier alpha value is -0.610. The Balaban J connectivity index is 1.85. The first-order valence-corrected chi connectivity index (χ1v) is 7.14. The summed E-state index contributed by atoms with van der Waals surface area (Å²) >= 11 is 3.91. The first kappa shape index (κ1) is 11.9. The molecule has 0 aliphatic carbocycles. The number of ether oxygens (including phenoxy) is 1. The van der Waals surface area contributed by atoms with Crippen LogP contribution >= 0.6 is 23.5 Å². The third-order valence-corrected chi connectivity index (χ3v) is 5.07. The fraction of sp³-hybridized carbons (Fsp3) is 0.417. The van der Waals surface area contributed by atoms with Gasteiger partial charge in [-0.1, -0.05) is 6.08 Å². The third kappa shape index (κ3) is 3.19. The fourth-order valence-electron chi connectivity index (χ4n) is 1.51. The zero-order valence-corrected chi connectivity index (χ0v) is 11.1. The largest absolute Gasteiger partial charge is 0.497 e. The molecule has 0 amide bonds. The second-order valence-electron chi connectivity index (χ2n) is 3.60. The SMILES string of the molecule is COc1ccnc(CSC2CC=C(C)S2)c1. The van der Waals surface area contributed by atoms with Gasteiger partial charge in [0.05, 0.1) is 17.4 Å². The van der Waals surface area contributed by atoms with E-state index in [4.69, 9.17) is 4.74 Å². The average Bonchev–Trinajstić information content (AvgIpc) is 2.73. The van der Waals surface area contributed by atoms with E-state index >= 15 is 0 Å². The third-order valence-electron chi connectivity index (χ3n) is 2.36. The van der Waals surface area contributed by atoms with Gasteiger partial charge in [-0.05, 0) is 24.3 Å². The normalized spacial score (nSPS) is 19.6. The Morgan fingerprint density at radius 3 is 3.19 bits per heavy atom. The van der Waals surface area contributed by atoms with Gasteiger partial charge in [-0.3, -0.25) is 4.98 Å². The molecule has 1 aromatic rings. The molecule has 2 heterocycles. The van der Waals surface area contributed by atoms with Crippen LogP contribution in [-0.4, -0.2) is 16.7 Å². The van der Waals surface area contributed by atoms with E-state index in [1.165, 1.54) is 11.3 Å². The molecule has 0 aromatic carbocycles. The number of allylic oxidation sites excluding steroid dienone is 2. The zero-order chi connectivity index (χ0) is 11.4. The Kier molecular flexibility index (Phi) is 4.18. The van der Waals surface area contributed by atoms with Gasteiger partial charge in [-0.15, -0.1) is 23.5 Å². The van der Waals surface area contributed by atoms with Crippen molar-refractivity contribution < 1.29 is 4.74 Å². The monoisotopic (exact) mass is 253 g/mol. The molecule has 1 atom stereocenters. The number of hydrogen-bond donors (Lipinski definition) is 0. The maximum atomic E-state index is 5.18. The van der Waals surface area contributed by atoms with Crippen LogP contribution in [0, 0.1) is 0 Å². The molecule has 1 aliphatic rings. The predicted molar refractivity (Wildman–Crippen MR) is 71.8 cm³/mol. The molecule has 1 aliphatic heterocycles. The van der Waals surface area contributed by atoms with Crippen molar-refractivity contribution in [2.24, 2.45) is 0 Å². The van der Waals surface area contributed by atoms with E-state index in [1.54, 1.807) is 13.3 Å². The molecule has 16 heavy (non-hydrogen) atoms. The molecule has 0 fully saturated rings. The lowest BCUT2D eigenvalue weighted by Gasteiger charge is -2.08. The van der Waals surface area contributed by atoms with Crippen LogP contribution in [0.15, 0.2) is 29.3 Å².